The third-order valence-corrected chi connectivity index (χ3v) is 8.84. The van der Waals surface area contributed by atoms with Crippen LogP contribution in [0.5, 0.6) is 11.5 Å². The highest BCUT2D eigenvalue weighted by Gasteiger charge is 2.35. The molecule has 4 aromatic rings. The van der Waals surface area contributed by atoms with Gasteiger partial charge in [0.05, 0.1) is 11.1 Å². The summed E-state index contributed by atoms with van der Waals surface area (Å²) in [5.41, 5.74) is -0.0347. The highest BCUT2D eigenvalue weighted by molar-refractivity contribution is 9.13. The Bertz CT molecular complexity index is 1480. The SMILES string of the molecule is CN(C)C(=O)c1sc(C(=O)N(C)C)c2c(C(=O)Oc3ccccc3)c(Br)c(Br)c(C(=O)Oc3ccccc3)c12. The van der Waals surface area contributed by atoms with Crippen LogP contribution in [0.1, 0.15) is 40.1 Å². The first-order valence-electron chi connectivity index (χ1n) is 11.5. The second-order valence-electron chi connectivity index (χ2n) is 8.69. The second kappa shape index (κ2) is 11.7. The maximum atomic E-state index is 13.6. The van der Waals surface area contributed by atoms with Gasteiger partial charge in [0.2, 0.25) is 0 Å². The van der Waals surface area contributed by atoms with Crippen LogP contribution in [-0.4, -0.2) is 61.7 Å². The zero-order valence-electron chi connectivity index (χ0n) is 21.3. The van der Waals surface area contributed by atoms with E-state index in [-0.39, 0.29) is 52.1 Å². The van der Waals surface area contributed by atoms with Crippen molar-refractivity contribution in [2.75, 3.05) is 28.2 Å². The Labute approximate surface area is 245 Å². The first-order chi connectivity index (χ1) is 18.5. The maximum Gasteiger partial charge on any atom is 0.345 e. The molecule has 0 spiro atoms. The molecule has 1 aromatic heterocycles. The Hall–Kier alpha value is -3.54. The van der Waals surface area contributed by atoms with Gasteiger partial charge in [0.15, 0.2) is 0 Å². The summed E-state index contributed by atoms with van der Waals surface area (Å²) >= 11 is 7.79. The molecule has 3 aromatic carbocycles. The fraction of sp³-hybridized carbons (Fsp3) is 0.143. The summed E-state index contributed by atoms with van der Waals surface area (Å²) in [5.74, 6) is -1.90. The van der Waals surface area contributed by atoms with Gasteiger partial charge in [-0.3, -0.25) is 9.59 Å². The van der Waals surface area contributed by atoms with E-state index >= 15 is 0 Å². The van der Waals surface area contributed by atoms with Crippen LogP contribution in [0.4, 0.5) is 0 Å². The monoisotopic (exact) mass is 672 g/mol. The lowest BCUT2D eigenvalue weighted by atomic mass is 9.98. The molecular formula is C28H22Br2N2O6S. The summed E-state index contributed by atoms with van der Waals surface area (Å²) in [5, 5.41) is 0.222. The van der Waals surface area contributed by atoms with Gasteiger partial charge < -0.3 is 19.3 Å². The van der Waals surface area contributed by atoms with Gasteiger partial charge in [-0.05, 0) is 56.1 Å². The standard InChI is InChI=1S/C28H22Br2N2O6S/c1-31(2)25(33)23-17-18(24(39-23)26(34)32(3)4)20(28(36)38-16-13-9-6-10-14-16)22(30)21(29)19(17)27(35)37-15-11-7-5-8-12-15/h5-14H,1-4H3. The number of rotatable bonds is 6. The van der Waals surface area contributed by atoms with E-state index in [0.29, 0.717) is 0 Å². The summed E-state index contributed by atoms with van der Waals surface area (Å²) < 4.78 is 11.6. The number of hydrogen-bond acceptors (Lipinski definition) is 7. The number of fused-ring (bicyclic) bond motifs is 1. The van der Waals surface area contributed by atoms with E-state index in [2.05, 4.69) is 31.9 Å². The van der Waals surface area contributed by atoms with Crippen LogP contribution < -0.4 is 9.47 Å². The molecule has 0 radical (unpaired) electrons. The maximum absolute atomic E-state index is 13.6. The van der Waals surface area contributed by atoms with E-state index in [1.165, 1.54) is 9.80 Å². The van der Waals surface area contributed by atoms with Crippen LogP contribution in [0.3, 0.4) is 0 Å². The van der Waals surface area contributed by atoms with Crippen molar-refractivity contribution < 1.29 is 28.7 Å². The predicted octanol–water partition coefficient (Wildman–Crippen LogP) is 6.27. The predicted molar refractivity (Wildman–Crippen MR) is 156 cm³/mol. The van der Waals surface area contributed by atoms with Crippen LogP contribution in [0.2, 0.25) is 0 Å². The van der Waals surface area contributed by atoms with Crippen molar-refractivity contribution >= 4 is 77.7 Å². The van der Waals surface area contributed by atoms with E-state index in [1.807, 2.05) is 0 Å². The summed E-state index contributed by atoms with van der Waals surface area (Å²) in [6.07, 6.45) is 0. The van der Waals surface area contributed by atoms with Crippen molar-refractivity contribution in [2.45, 2.75) is 0 Å². The molecule has 0 bridgehead atoms. The Morgan fingerprint density at radius 1 is 0.615 bits per heavy atom. The van der Waals surface area contributed by atoms with E-state index in [9.17, 15) is 19.2 Å². The van der Waals surface area contributed by atoms with Gasteiger partial charge in [-0.2, -0.15) is 0 Å². The van der Waals surface area contributed by atoms with Crippen molar-refractivity contribution in [3.05, 3.63) is 90.5 Å². The number of amides is 2. The van der Waals surface area contributed by atoms with Gasteiger partial charge >= 0.3 is 11.9 Å². The average Bonchev–Trinajstić information content (AvgIpc) is 3.28. The van der Waals surface area contributed by atoms with Crippen LogP contribution >= 0.6 is 43.2 Å². The third kappa shape index (κ3) is 5.61. The van der Waals surface area contributed by atoms with Crippen LogP contribution in [0.15, 0.2) is 69.6 Å². The van der Waals surface area contributed by atoms with Crippen molar-refractivity contribution in [2.24, 2.45) is 0 Å². The van der Waals surface area contributed by atoms with Crippen molar-refractivity contribution in [1.29, 1.82) is 0 Å². The molecular weight excluding hydrogens is 652 g/mol. The fourth-order valence-electron chi connectivity index (χ4n) is 3.73. The molecule has 4 rings (SSSR count). The van der Waals surface area contributed by atoms with Gasteiger partial charge in [-0.25, -0.2) is 9.59 Å². The molecule has 39 heavy (non-hydrogen) atoms. The Morgan fingerprint density at radius 2 is 0.949 bits per heavy atom. The molecule has 0 N–H and O–H groups in total. The number of nitrogens with zero attached hydrogens (tertiary/aromatic N) is 2. The van der Waals surface area contributed by atoms with E-state index in [4.69, 9.17) is 9.47 Å². The minimum Gasteiger partial charge on any atom is -0.423 e. The van der Waals surface area contributed by atoms with Gasteiger partial charge in [-0.15, -0.1) is 11.3 Å². The molecule has 0 saturated heterocycles. The molecule has 200 valence electrons. The van der Waals surface area contributed by atoms with Gasteiger partial charge in [-0.1, -0.05) is 36.4 Å². The smallest absolute Gasteiger partial charge is 0.345 e. The van der Waals surface area contributed by atoms with Crippen molar-refractivity contribution in [3.8, 4) is 11.5 Å². The molecule has 0 fully saturated rings. The lowest BCUT2D eigenvalue weighted by Crippen LogP contribution is -2.22. The summed E-state index contributed by atoms with van der Waals surface area (Å²) in [6.45, 7) is 0. The normalized spacial score (nSPS) is 10.7. The highest BCUT2D eigenvalue weighted by atomic mass is 79.9. The number of halogens is 2. The molecule has 11 heteroatoms. The number of hydrogen-bond donors (Lipinski definition) is 0. The number of para-hydroxylation sites is 2. The molecule has 1 heterocycles. The first kappa shape index (κ1) is 28.5. The summed E-state index contributed by atoms with van der Waals surface area (Å²) in [6, 6.07) is 16.9. The highest BCUT2D eigenvalue weighted by Crippen LogP contribution is 2.45. The average molecular weight is 674 g/mol. The molecule has 0 aliphatic carbocycles. The zero-order valence-corrected chi connectivity index (χ0v) is 25.3. The lowest BCUT2D eigenvalue weighted by Gasteiger charge is -2.16. The van der Waals surface area contributed by atoms with Gasteiger partial charge in [0.1, 0.15) is 21.3 Å². The van der Waals surface area contributed by atoms with Crippen molar-refractivity contribution in [1.82, 2.24) is 9.80 Å². The first-order valence-corrected chi connectivity index (χ1v) is 13.9. The van der Waals surface area contributed by atoms with Gasteiger partial charge in [0.25, 0.3) is 11.8 Å². The number of thiophene rings is 1. The quantitative estimate of drug-likeness (QED) is 0.177. The molecule has 0 unspecified atom stereocenters. The lowest BCUT2D eigenvalue weighted by molar-refractivity contribution is 0.0721. The molecule has 0 saturated carbocycles. The van der Waals surface area contributed by atoms with Gasteiger partial charge in [0, 0.05) is 47.9 Å². The largest absolute Gasteiger partial charge is 0.423 e. The number of esters is 2. The van der Waals surface area contributed by atoms with Crippen LogP contribution in [0.25, 0.3) is 10.8 Å². The summed E-state index contributed by atoms with van der Waals surface area (Å²) in [7, 11) is 6.23. The molecule has 0 atom stereocenters. The number of ether oxygens (including phenoxy) is 2. The molecule has 0 aliphatic rings. The zero-order chi connectivity index (χ0) is 28.4. The Balaban J connectivity index is 2.08. The number of carbonyl (C=O) groups excluding carboxylic acids is 4. The minimum atomic E-state index is -0.781. The van der Waals surface area contributed by atoms with E-state index < -0.39 is 23.8 Å². The Morgan fingerprint density at radius 3 is 1.26 bits per heavy atom. The topological polar surface area (TPSA) is 93.2 Å². The second-order valence-corrected chi connectivity index (χ2v) is 11.3. The molecule has 2 amide bonds. The summed E-state index contributed by atoms with van der Waals surface area (Å²) in [4.78, 5) is 56.9. The Kier molecular flexibility index (Phi) is 8.53. The number of carbonyl (C=O) groups is 4. The van der Waals surface area contributed by atoms with Crippen molar-refractivity contribution in [3.63, 3.8) is 0 Å². The van der Waals surface area contributed by atoms with E-state index in [0.717, 1.165) is 11.3 Å². The van der Waals surface area contributed by atoms with E-state index in [1.54, 1.807) is 88.9 Å². The molecule has 0 aliphatic heterocycles. The number of benzene rings is 3. The minimum absolute atomic E-state index is 0.0174. The molecule has 8 nitrogen and oxygen atoms in total. The third-order valence-electron chi connectivity index (χ3n) is 5.56. The van der Waals surface area contributed by atoms with Crippen LogP contribution in [0, 0.1) is 0 Å². The fourth-order valence-corrected chi connectivity index (χ4v) is 6.20. The van der Waals surface area contributed by atoms with Crippen LogP contribution in [-0.2, 0) is 0 Å².